The highest BCUT2D eigenvalue weighted by Crippen LogP contribution is 2.21. The first kappa shape index (κ1) is 16.5. The number of rotatable bonds is 3. The first-order valence-corrected chi connectivity index (χ1v) is 7.49. The molecule has 0 saturated carbocycles. The SMILES string of the molecule is CC(C)(C)OC(=O)NC[C@H]1CCN(c2nc(N)nc(Cl)n2)C1. The van der Waals surface area contributed by atoms with Gasteiger partial charge in [0.1, 0.15) is 5.60 Å². The quantitative estimate of drug-likeness (QED) is 0.865. The topological polar surface area (TPSA) is 106 Å². The summed E-state index contributed by atoms with van der Waals surface area (Å²) in [6, 6.07) is 0. The van der Waals surface area contributed by atoms with Crippen LogP contribution in [0.4, 0.5) is 16.7 Å². The second-order valence-electron chi connectivity index (χ2n) is 6.25. The molecule has 1 aliphatic rings. The second-order valence-corrected chi connectivity index (χ2v) is 6.58. The Balaban J connectivity index is 1.84. The van der Waals surface area contributed by atoms with Crippen LogP contribution in [-0.4, -0.2) is 46.3 Å². The van der Waals surface area contributed by atoms with E-state index in [1.165, 1.54) is 0 Å². The minimum atomic E-state index is -0.495. The molecule has 1 aliphatic heterocycles. The van der Waals surface area contributed by atoms with Crippen LogP contribution in [0, 0.1) is 5.92 Å². The Morgan fingerprint density at radius 2 is 2.18 bits per heavy atom. The van der Waals surface area contributed by atoms with E-state index in [4.69, 9.17) is 22.1 Å². The number of ether oxygens (including phenoxy) is 1. The molecule has 8 nitrogen and oxygen atoms in total. The van der Waals surface area contributed by atoms with Crippen LogP contribution in [-0.2, 0) is 4.74 Å². The maximum Gasteiger partial charge on any atom is 0.407 e. The number of alkyl carbamates (subject to hydrolysis) is 1. The Morgan fingerprint density at radius 1 is 1.45 bits per heavy atom. The minimum Gasteiger partial charge on any atom is -0.444 e. The van der Waals surface area contributed by atoms with Crippen molar-refractivity contribution in [2.24, 2.45) is 5.92 Å². The lowest BCUT2D eigenvalue weighted by Gasteiger charge is -2.21. The van der Waals surface area contributed by atoms with Gasteiger partial charge in [-0.1, -0.05) is 0 Å². The van der Waals surface area contributed by atoms with Gasteiger partial charge < -0.3 is 20.7 Å². The molecule has 0 unspecified atom stereocenters. The third-order valence-corrected chi connectivity index (χ3v) is 3.29. The largest absolute Gasteiger partial charge is 0.444 e. The third kappa shape index (κ3) is 4.87. The van der Waals surface area contributed by atoms with Crippen LogP contribution in [0.2, 0.25) is 5.28 Å². The van der Waals surface area contributed by atoms with Gasteiger partial charge in [-0.15, -0.1) is 0 Å². The summed E-state index contributed by atoms with van der Waals surface area (Å²) < 4.78 is 5.21. The fraction of sp³-hybridized carbons (Fsp3) is 0.692. The fourth-order valence-electron chi connectivity index (χ4n) is 2.22. The molecule has 1 aromatic heterocycles. The molecule has 1 fully saturated rings. The van der Waals surface area contributed by atoms with Crippen molar-refractivity contribution in [2.75, 3.05) is 30.3 Å². The van der Waals surface area contributed by atoms with Crippen LogP contribution in [0.3, 0.4) is 0 Å². The van der Waals surface area contributed by atoms with Crippen molar-refractivity contribution in [1.29, 1.82) is 0 Å². The van der Waals surface area contributed by atoms with Crippen molar-refractivity contribution in [3.05, 3.63) is 5.28 Å². The zero-order valence-electron chi connectivity index (χ0n) is 13.0. The smallest absolute Gasteiger partial charge is 0.407 e. The van der Waals surface area contributed by atoms with Crippen molar-refractivity contribution in [2.45, 2.75) is 32.8 Å². The monoisotopic (exact) mass is 328 g/mol. The Kier molecular flexibility index (Phi) is 4.90. The summed E-state index contributed by atoms with van der Waals surface area (Å²) in [6.07, 6.45) is 0.511. The van der Waals surface area contributed by atoms with Gasteiger partial charge in [0.25, 0.3) is 0 Å². The molecule has 0 radical (unpaired) electrons. The number of hydrogen-bond acceptors (Lipinski definition) is 7. The molecule has 0 aromatic carbocycles. The summed E-state index contributed by atoms with van der Waals surface area (Å²) in [5.41, 5.74) is 5.08. The number of nitrogens with zero attached hydrogens (tertiary/aromatic N) is 4. The zero-order valence-corrected chi connectivity index (χ0v) is 13.7. The molecule has 1 aromatic rings. The highest BCUT2D eigenvalue weighted by atomic mass is 35.5. The van der Waals surface area contributed by atoms with Crippen LogP contribution >= 0.6 is 11.6 Å². The number of amides is 1. The standard InChI is InChI=1S/C13H21ClN6O2/c1-13(2,3)22-12(21)16-6-8-4-5-20(7-8)11-18-9(14)17-10(15)19-11/h8H,4-7H2,1-3H3,(H,16,21)(H2,15,17,18,19)/t8-/m1/s1. The van der Waals surface area contributed by atoms with Crippen molar-refractivity contribution in [3.63, 3.8) is 0 Å². The van der Waals surface area contributed by atoms with E-state index in [2.05, 4.69) is 20.3 Å². The van der Waals surface area contributed by atoms with Gasteiger partial charge in [0, 0.05) is 19.6 Å². The average molecular weight is 329 g/mol. The van der Waals surface area contributed by atoms with Gasteiger partial charge in [-0.05, 0) is 44.7 Å². The van der Waals surface area contributed by atoms with E-state index in [1.807, 2.05) is 25.7 Å². The summed E-state index contributed by atoms with van der Waals surface area (Å²) in [4.78, 5) is 25.5. The summed E-state index contributed by atoms with van der Waals surface area (Å²) >= 11 is 5.79. The van der Waals surface area contributed by atoms with E-state index in [9.17, 15) is 4.79 Å². The molecule has 0 bridgehead atoms. The van der Waals surface area contributed by atoms with Crippen LogP contribution in [0.1, 0.15) is 27.2 Å². The number of halogens is 1. The first-order valence-electron chi connectivity index (χ1n) is 7.12. The molecule has 2 heterocycles. The molecule has 1 saturated heterocycles. The highest BCUT2D eigenvalue weighted by Gasteiger charge is 2.26. The summed E-state index contributed by atoms with van der Waals surface area (Å²) in [5.74, 6) is 0.867. The molecule has 0 aliphatic carbocycles. The first-order chi connectivity index (χ1) is 10.2. The number of carbonyl (C=O) groups is 1. The number of hydrogen-bond donors (Lipinski definition) is 2. The molecule has 0 spiro atoms. The molecular formula is C13H21ClN6O2. The Hall–Kier alpha value is -1.83. The number of nitrogen functional groups attached to an aromatic ring is 1. The van der Waals surface area contributed by atoms with Crippen molar-refractivity contribution < 1.29 is 9.53 Å². The van der Waals surface area contributed by atoms with Crippen LogP contribution in [0.15, 0.2) is 0 Å². The third-order valence-electron chi connectivity index (χ3n) is 3.12. The number of carbonyl (C=O) groups excluding carboxylic acids is 1. The predicted molar refractivity (Wildman–Crippen MR) is 83.8 cm³/mol. The van der Waals surface area contributed by atoms with Crippen LogP contribution in [0.25, 0.3) is 0 Å². The van der Waals surface area contributed by atoms with Gasteiger partial charge in [0.15, 0.2) is 0 Å². The molecule has 9 heteroatoms. The Bertz CT molecular complexity index is 528. The lowest BCUT2D eigenvalue weighted by molar-refractivity contribution is 0.0520. The van der Waals surface area contributed by atoms with E-state index in [1.54, 1.807) is 0 Å². The lowest BCUT2D eigenvalue weighted by atomic mass is 10.1. The van der Waals surface area contributed by atoms with Gasteiger partial charge in [0.05, 0.1) is 0 Å². The molecular weight excluding hydrogens is 308 g/mol. The maximum atomic E-state index is 11.6. The van der Waals surface area contributed by atoms with Gasteiger partial charge >= 0.3 is 6.09 Å². The second kappa shape index (κ2) is 6.51. The maximum absolute atomic E-state index is 11.6. The average Bonchev–Trinajstić information content (AvgIpc) is 2.82. The van der Waals surface area contributed by atoms with E-state index in [0.717, 1.165) is 19.5 Å². The van der Waals surface area contributed by atoms with Crippen molar-refractivity contribution in [3.8, 4) is 0 Å². The highest BCUT2D eigenvalue weighted by molar-refractivity contribution is 6.28. The van der Waals surface area contributed by atoms with Crippen LogP contribution in [0.5, 0.6) is 0 Å². The molecule has 3 N–H and O–H groups in total. The van der Waals surface area contributed by atoms with Gasteiger partial charge in [-0.25, -0.2) is 4.79 Å². The summed E-state index contributed by atoms with van der Waals surface area (Å²) in [7, 11) is 0. The summed E-state index contributed by atoms with van der Waals surface area (Å²) in [5, 5.41) is 2.87. The molecule has 122 valence electrons. The van der Waals surface area contributed by atoms with Gasteiger partial charge in [-0.3, -0.25) is 0 Å². The van der Waals surface area contributed by atoms with E-state index in [-0.39, 0.29) is 11.2 Å². The van der Waals surface area contributed by atoms with E-state index < -0.39 is 11.7 Å². The lowest BCUT2D eigenvalue weighted by Crippen LogP contribution is -2.36. The van der Waals surface area contributed by atoms with Crippen molar-refractivity contribution >= 4 is 29.6 Å². The fourth-order valence-corrected chi connectivity index (χ4v) is 2.38. The van der Waals surface area contributed by atoms with Gasteiger partial charge in [-0.2, -0.15) is 15.0 Å². The molecule has 1 atom stereocenters. The molecule has 2 rings (SSSR count). The predicted octanol–water partition coefficient (Wildman–Crippen LogP) is 1.46. The normalized spacial score (nSPS) is 18.4. The van der Waals surface area contributed by atoms with E-state index in [0.29, 0.717) is 18.4 Å². The van der Waals surface area contributed by atoms with Crippen molar-refractivity contribution in [1.82, 2.24) is 20.3 Å². The molecule has 22 heavy (non-hydrogen) atoms. The minimum absolute atomic E-state index is 0.0813. The number of nitrogens with two attached hydrogens (primary N) is 1. The van der Waals surface area contributed by atoms with E-state index >= 15 is 0 Å². The summed E-state index contributed by atoms with van der Waals surface area (Å²) in [6.45, 7) is 7.53. The number of aromatic nitrogens is 3. The molecule has 1 amide bonds. The zero-order chi connectivity index (χ0) is 16.3. The Labute approximate surface area is 134 Å². The van der Waals surface area contributed by atoms with Crippen LogP contribution < -0.4 is 16.0 Å². The Morgan fingerprint density at radius 3 is 2.82 bits per heavy atom. The number of anilines is 2. The van der Waals surface area contributed by atoms with Gasteiger partial charge in [0.2, 0.25) is 17.2 Å². The number of nitrogens with one attached hydrogen (secondary N) is 1.